The van der Waals surface area contributed by atoms with Gasteiger partial charge in [0.05, 0.1) is 18.3 Å². The molecule has 90 valence electrons. The van der Waals surface area contributed by atoms with E-state index in [9.17, 15) is 10.2 Å². The molecule has 5 heteroatoms. The van der Waals surface area contributed by atoms with Crippen LogP contribution in [0.1, 0.15) is 28.4 Å². The fourth-order valence-electron chi connectivity index (χ4n) is 1.74. The molecule has 0 bridgehead atoms. The van der Waals surface area contributed by atoms with Crippen LogP contribution < -0.4 is 5.73 Å². The van der Waals surface area contributed by atoms with Crippen molar-refractivity contribution in [2.24, 2.45) is 5.73 Å². The summed E-state index contributed by atoms with van der Waals surface area (Å²) in [5, 5.41) is 23.2. The van der Waals surface area contributed by atoms with Crippen molar-refractivity contribution in [2.75, 3.05) is 0 Å². The van der Waals surface area contributed by atoms with E-state index in [1.807, 2.05) is 16.8 Å². The number of aliphatic hydroxyl groups excluding tert-OH is 1. The predicted molar refractivity (Wildman–Crippen MR) is 66.9 cm³/mol. The van der Waals surface area contributed by atoms with Crippen LogP contribution in [0.25, 0.3) is 0 Å². The third kappa shape index (κ3) is 2.17. The van der Waals surface area contributed by atoms with Crippen LogP contribution in [-0.4, -0.2) is 15.2 Å². The molecule has 2 aromatic rings. The topological polar surface area (TPSA) is 79.4 Å². The quantitative estimate of drug-likeness (QED) is 0.774. The van der Waals surface area contributed by atoms with Crippen LogP contribution in [-0.2, 0) is 6.61 Å². The molecule has 0 radical (unpaired) electrons. The van der Waals surface area contributed by atoms with Gasteiger partial charge in [-0.15, -0.1) is 0 Å². The molecule has 0 amide bonds. The molecule has 2 heterocycles. The minimum absolute atomic E-state index is 0.0650. The average molecular weight is 250 g/mol. The van der Waals surface area contributed by atoms with Crippen molar-refractivity contribution in [3.8, 4) is 5.75 Å². The Morgan fingerprint density at radius 2 is 2.29 bits per heavy atom. The van der Waals surface area contributed by atoms with Crippen molar-refractivity contribution < 1.29 is 10.2 Å². The highest BCUT2D eigenvalue weighted by Crippen LogP contribution is 2.32. The van der Waals surface area contributed by atoms with Crippen LogP contribution in [0.3, 0.4) is 0 Å². The van der Waals surface area contributed by atoms with Gasteiger partial charge in [-0.25, -0.2) is 0 Å². The zero-order chi connectivity index (χ0) is 12.4. The first-order valence-corrected chi connectivity index (χ1v) is 6.15. The normalized spacial score (nSPS) is 12.6. The van der Waals surface area contributed by atoms with Gasteiger partial charge in [-0.05, 0) is 29.3 Å². The van der Waals surface area contributed by atoms with E-state index < -0.39 is 6.04 Å². The Balaban J connectivity index is 2.53. The van der Waals surface area contributed by atoms with Crippen molar-refractivity contribution in [1.82, 2.24) is 4.98 Å². The second-order valence-corrected chi connectivity index (χ2v) is 4.60. The first kappa shape index (κ1) is 12.0. The second-order valence-electron chi connectivity index (χ2n) is 3.82. The fraction of sp³-hybridized carbons (Fsp3) is 0.250. The zero-order valence-corrected chi connectivity index (χ0v) is 10.2. The number of nitrogens with two attached hydrogens (primary N) is 1. The Bertz CT molecular complexity index is 511. The van der Waals surface area contributed by atoms with Crippen molar-refractivity contribution in [3.05, 3.63) is 45.4 Å². The van der Waals surface area contributed by atoms with Gasteiger partial charge in [0.25, 0.3) is 0 Å². The first-order chi connectivity index (χ1) is 8.15. The van der Waals surface area contributed by atoms with Crippen molar-refractivity contribution >= 4 is 11.3 Å². The van der Waals surface area contributed by atoms with Gasteiger partial charge in [0.1, 0.15) is 5.75 Å². The maximum Gasteiger partial charge on any atom is 0.142 e. The third-order valence-electron chi connectivity index (χ3n) is 2.74. The average Bonchev–Trinajstić information content (AvgIpc) is 2.85. The molecule has 0 fully saturated rings. The highest BCUT2D eigenvalue weighted by Gasteiger charge is 2.19. The van der Waals surface area contributed by atoms with E-state index in [4.69, 9.17) is 5.73 Å². The molecular weight excluding hydrogens is 236 g/mol. The zero-order valence-electron chi connectivity index (χ0n) is 9.42. The molecule has 0 aliphatic heterocycles. The Hall–Kier alpha value is -1.43. The van der Waals surface area contributed by atoms with Crippen molar-refractivity contribution in [2.45, 2.75) is 19.6 Å². The third-order valence-corrected chi connectivity index (χ3v) is 3.44. The number of hydrogen-bond acceptors (Lipinski definition) is 5. The number of aromatic nitrogens is 1. The van der Waals surface area contributed by atoms with E-state index in [1.54, 1.807) is 24.5 Å². The molecule has 0 aromatic carbocycles. The smallest absolute Gasteiger partial charge is 0.142 e. The lowest BCUT2D eigenvalue weighted by molar-refractivity contribution is 0.278. The molecule has 0 saturated heterocycles. The van der Waals surface area contributed by atoms with E-state index >= 15 is 0 Å². The Morgan fingerprint density at radius 3 is 2.88 bits per heavy atom. The molecule has 17 heavy (non-hydrogen) atoms. The maximum atomic E-state index is 10.0. The number of hydrogen-bond donors (Lipinski definition) is 3. The predicted octanol–water partition coefficient (Wildman–Crippen LogP) is 1.70. The summed E-state index contributed by atoms with van der Waals surface area (Å²) in [6.45, 7) is 1.52. The molecule has 0 spiro atoms. The number of aromatic hydroxyl groups is 1. The van der Waals surface area contributed by atoms with Gasteiger partial charge < -0.3 is 15.9 Å². The SMILES string of the molecule is Cc1ncc(CO)c([C@H](N)c2ccsc2)c1O. The minimum atomic E-state index is -0.440. The number of thiophene rings is 1. The van der Waals surface area contributed by atoms with E-state index in [-0.39, 0.29) is 12.4 Å². The summed E-state index contributed by atoms with van der Waals surface area (Å²) in [5.41, 5.74) is 8.67. The summed E-state index contributed by atoms with van der Waals surface area (Å²) in [7, 11) is 0. The molecule has 0 aliphatic rings. The van der Waals surface area contributed by atoms with Gasteiger partial charge in [-0.3, -0.25) is 4.98 Å². The summed E-state index contributed by atoms with van der Waals surface area (Å²) in [6.07, 6.45) is 1.55. The van der Waals surface area contributed by atoms with E-state index in [1.165, 1.54) is 0 Å². The molecule has 0 aliphatic carbocycles. The lowest BCUT2D eigenvalue weighted by Gasteiger charge is -2.17. The van der Waals surface area contributed by atoms with Crippen LogP contribution in [0.2, 0.25) is 0 Å². The van der Waals surface area contributed by atoms with Crippen LogP contribution in [0, 0.1) is 6.92 Å². The molecule has 0 saturated carbocycles. The Kier molecular flexibility index (Phi) is 3.42. The van der Waals surface area contributed by atoms with Gasteiger partial charge in [0, 0.05) is 17.3 Å². The van der Waals surface area contributed by atoms with Crippen molar-refractivity contribution in [3.63, 3.8) is 0 Å². The van der Waals surface area contributed by atoms with Gasteiger partial charge in [-0.1, -0.05) is 0 Å². The number of aryl methyl sites for hydroxylation is 1. The molecule has 1 atom stereocenters. The van der Waals surface area contributed by atoms with E-state index in [2.05, 4.69) is 4.98 Å². The Morgan fingerprint density at radius 1 is 1.53 bits per heavy atom. The summed E-state index contributed by atoms with van der Waals surface area (Å²) < 4.78 is 0. The summed E-state index contributed by atoms with van der Waals surface area (Å²) >= 11 is 1.55. The number of pyridine rings is 1. The Labute approximate surface area is 103 Å². The molecule has 2 rings (SSSR count). The summed E-state index contributed by atoms with van der Waals surface area (Å²) in [4.78, 5) is 4.01. The molecule has 4 nitrogen and oxygen atoms in total. The molecular formula is C12H14N2O2S. The molecule has 0 unspecified atom stereocenters. The first-order valence-electron chi connectivity index (χ1n) is 5.21. The number of aliphatic hydroxyl groups is 1. The van der Waals surface area contributed by atoms with Crippen molar-refractivity contribution in [1.29, 1.82) is 0 Å². The van der Waals surface area contributed by atoms with E-state index in [0.29, 0.717) is 16.8 Å². The van der Waals surface area contributed by atoms with Gasteiger partial charge in [0.2, 0.25) is 0 Å². The standard InChI is InChI=1S/C12H14N2O2S/c1-7-12(16)10(9(5-15)4-14-7)11(13)8-2-3-17-6-8/h2-4,6,11,15-16H,5,13H2,1H3/t11-/m1/s1. The van der Waals surface area contributed by atoms with Gasteiger partial charge in [0.15, 0.2) is 0 Å². The van der Waals surface area contributed by atoms with Crippen LogP contribution in [0.4, 0.5) is 0 Å². The minimum Gasteiger partial charge on any atom is -0.506 e. The number of nitrogens with zero attached hydrogens (tertiary/aromatic N) is 1. The second kappa shape index (κ2) is 4.83. The number of rotatable bonds is 3. The highest BCUT2D eigenvalue weighted by molar-refractivity contribution is 7.08. The summed E-state index contributed by atoms with van der Waals surface area (Å²) in [6, 6.07) is 1.47. The van der Waals surface area contributed by atoms with Gasteiger partial charge >= 0.3 is 0 Å². The lowest BCUT2D eigenvalue weighted by atomic mass is 9.97. The van der Waals surface area contributed by atoms with Crippen LogP contribution in [0.5, 0.6) is 5.75 Å². The highest BCUT2D eigenvalue weighted by atomic mass is 32.1. The van der Waals surface area contributed by atoms with Crippen LogP contribution >= 0.6 is 11.3 Å². The van der Waals surface area contributed by atoms with E-state index in [0.717, 1.165) is 5.56 Å². The molecule has 2 aromatic heterocycles. The largest absolute Gasteiger partial charge is 0.506 e. The monoisotopic (exact) mass is 250 g/mol. The lowest BCUT2D eigenvalue weighted by Crippen LogP contribution is -2.14. The fourth-order valence-corrected chi connectivity index (χ4v) is 2.44. The maximum absolute atomic E-state index is 10.0. The summed E-state index contributed by atoms with van der Waals surface area (Å²) in [5.74, 6) is 0.0650. The molecule has 4 N–H and O–H groups in total. The van der Waals surface area contributed by atoms with Gasteiger partial charge in [-0.2, -0.15) is 11.3 Å². The van der Waals surface area contributed by atoms with Crippen LogP contribution in [0.15, 0.2) is 23.0 Å².